The second-order valence-corrected chi connectivity index (χ2v) is 22.1. The number of aliphatic hydroxyl groups is 6. The van der Waals surface area contributed by atoms with Crippen molar-refractivity contribution in [3.05, 3.63) is 71.8 Å². The molecule has 5 saturated heterocycles. The number of benzene rings is 2. The van der Waals surface area contributed by atoms with Crippen molar-refractivity contribution in [1.29, 1.82) is 0 Å². The quantitative estimate of drug-likeness (QED) is 0.0335. The molecule has 35 heteroatoms. The Kier molecular flexibility index (Phi) is 29.6. The number of hydrogen-bond acceptors (Lipinski definition) is 30. The molecule has 94 heavy (non-hydrogen) atoms. The first kappa shape index (κ1) is 75.8. The summed E-state index contributed by atoms with van der Waals surface area (Å²) in [6.07, 6.45) is -40.7. The smallest absolute Gasteiger partial charge is 0.408 e. The van der Waals surface area contributed by atoms with Crippen molar-refractivity contribution in [2.24, 2.45) is 0 Å². The van der Waals surface area contributed by atoms with Gasteiger partial charge < -0.3 is 147 Å². The Morgan fingerprint density at radius 1 is 0.426 bits per heavy atom. The van der Waals surface area contributed by atoms with Crippen LogP contribution in [0.4, 0.5) is 9.59 Å². The van der Waals surface area contributed by atoms with Gasteiger partial charge in [-0.25, -0.2) is 19.2 Å². The molecule has 0 radical (unpaired) electrons. The maximum atomic E-state index is 13.7. The van der Waals surface area contributed by atoms with Gasteiger partial charge in [0.2, 0.25) is 5.91 Å². The number of hydrogen-bond donors (Lipinski definition) is 11. The fourth-order valence-electron chi connectivity index (χ4n) is 11.8. The van der Waals surface area contributed by atoms with Gasteiger partial charge in [0.25, 0.3) is 0 Å². The van der Waals surface area contributed by atoms with E-state index < -0.39 is 216 Å². The average Bonchev–Trinajstić information content (AvgIpc) is 0.813. The van der Waals surface area contributed by atoms with E-state index >= 15 is 0 Å². The molecule has 2 aromatic rings. The second-order valence-electron chi connectivity index (χ2n) is 22.1. The Morgan fingerprint density at radius 2 is 0.819 bits per heavy atom. The Bertz CT molecular complexity index is 2640. The molecule has 5 heterocycles. The summed E-state index contributed by atoms with van der Waals surface area (Å²) < 4.78 is 111. The van der Waals surface area contributed by atoms with Crippen LogP contribution in [0.15, 0.2) is 60.7 Å². The van der Waals surface area contributed by atoms with Gasteiger partial charge >= 0.3 is 24.1 Å². The van der Waals surface area contributed by atoms with Crippen LogP contribution in [0.5, 0.6) is 0 Å². The number of carboxylic acids is 2. The highest BCUT2D eigenvalue weighted by Gasteiger charge is 2.60. The van der Waals surface area contributed by atoms with Gasteiger partial charge in [0.15, 0.2) is 37.4 Å². The molecule has 26 atom stereocenters. The summed E-state index contributed by atoms with van der Waals surface area (Å²) in [4.78, 5) is 65.5. The van der Waals surface area contributed by atoms with Crippen LogP contribution < -0.4 is 16.0 Å². The summed E-state index contributed by atoms with van der Waals surface area (Å²) in [5, 5.41) is 95.7. The number of rotatable bonds is 32. The van der Waals surface area contributed by atoms with Crippen molar-refractivity contribution < 1.29 is 155 Å². The van der Waals surface area contributed by atoms with E-state index in [1.54, 1.807) is 60.7 Å². The topological polar surface area (TPSA) is 459 Å². The minimum absolute atomic E-state index is 0.0783. The first-order valence-corrected chi connectivity index (χ1v) is 29.9. The highest BCUT2D eigenvalue weighted by molar-refractivity contribution is 5.86. The summed E-state index contributed by atoms with van der Waals surface area (Å²) in [6.45, 7) is -3.18. The average molecular weight is 1350 g/mol. The van der Waals surface area contributed by atoms with E-state index in [0.717, 1.165) is 7.11 Å². The summed E-state index contributed by atoms with van der Waals surface area (Å²) in [7, 11) is 10.0. The zero-order valence-electron chi connectivity index (χ0n) is 52.8. The third kappa shape index (κ3) is 18.4. The van der Waals surface area contributed by atoms with Crippen molar-refractivity contribution in [2.75, 3.05) is 89.8 Å². The number of nitrogens with one attached hydrogen (secondary N) is 3. The number of ether oxygens (including phenoxy) is 19. The molecule has 0 unspecified atom stereocenters. The minimum atomic E-state index is -2.15. The summed E-state index contributed by atoms with van der Waals surface area (Å²) >= 11 is 0. The molecule has 5 aliphatic rings. The number of amides is 3. The van der Waals surface area contributed by atoms with Crippen molar-refractivity contribution >= 4 is 30.0 Å². The van der Waals surface area contributed by atoms with Crippen LogP contribution in [0, 0.1) is 0 Å². The molecule has 0 aromatic heterocycles. The SMILES string of the molecule is CO[C@@H]1[C@@H](OC)[C@H](O[C@H]2[C@H](O)[C@@H](O)[C@@H](O[C@H]3[C@H](OC)[C@@H](OC)[C@H](O[C@H]4[C@H](O)[C@@H](OC)[C@@H](CCNC(=O)[C@@H](CNC(=O)OCc5ccccc5)NC(=O)OCc5ccccc5)O[C@@H]4CO)O[C@H]3C(=O)O)O[C@@H]2CO)O[C@H](C(=O)O)[C@H]1O[C@H]1O[C@H](CO)[C@@H](OC)[C@H](OC)[C@H]1OC. The van der Waals surface area contributed by atoms with Crippen LogP contribution in [-0.4, -0.2) is 320 Å². The van der Waals surface area contributed by atoms with E-state index in [1.807, 2.05) is 0 Å². The maximum Gasteiger partial charge on any atom is 0.408 e. The Labute approximate surface area is 540 Å². The minimum Gasteiger partial charge on any atom is -0.479 e. The Balaban J connectivity index is 0.990. The molecule has 5 fully saturated rings. The van der Waals surface area contributed by atoms with Gasteiger partial charge in [-0.05, 0) is 17.5 Å². The molecule has 0 aliphatic carbocycles. The van der Waals surface area contributed by atoms with Gasteiger partial charge in [-0.15, -0.1) is 0 Å². The van der Waals surface area contributed by atoms with Crippen LogP contribution in [0.1, 0.15) is 17.5 Å². The van der Waals surface area contributed by atoms with E-state index in [2.05, 4.69) is 16.0 Å². The third-order valence-corrected chi connectivity index (χ3v) is 16.6. The van der Waals surface area contributed by atoms with Gasteiger partial charge in [0.05, 0.1) is 32.5 Å². The molecule has 0 saturated carbocycles. The predicted molar refractivity (Wildman–Crippen MR) is 310 cm³/mol. The van der Waals surface area contributed by atoms with Crippen LogP contribution in [0.2, 0.25) is 0 Å². The van der Waals surface area contributed by atoms with Crippen LogP contribution in [0.3, 0.4) is 0 Å². The van der Waals surface area contributed by atoms with Crippen molar-refractivity contribution in [3.8, 4) is 0 Å². The standard InChI is InChI=1S/C59H87N3O32/c1-76-37-30(19-20-60-51(69)29(62-59(75)85-26-28-17-13-10-14-18-28)21-61-58(74)84-25-27-15-11-9-12-16-27)86-31(22-63)39(36(37)68)90-57-49(82-7)42(79-4)44(46(93-57)52(70)71)91-54-35(67)34(66)38(32(23-64)87-54)89-56-50(83-8)43(80-5)45(47(94-56)53(72)73)92-55-48(81-6)41(78-3)40(77-2)33(24-65)88-55/h9-18,29-50,54-57,63-68H,19-26H2,1-8H3,(H,60,69)(H,61,74)(H,62,75)(H,70,71)(H,72,73)/t29-,30-,31-,32-,33-,34-,35-,36-,37+,38-,39-,40-,41+,42+,43+,44+,45+,46-,47+,48-,49-,50-,54-,55-,56-,57-/m1/s1. The van der Waals surface area contributed by atoms with Crippen molar-refractivity contribution in [1.82, 2.24) is 16.0 Å². The van der Waals surface area contributed by atoms with E-state index in [9.17, 15) is 64.8 Å². The molecule has 2 aromatic carbocycles. The molecule has 0 spiro atoms. The van der Waals surface area contributed by atoms with E-state index in [-0.39, 0.29) is 26.2 Å². The third-order valence-electron chi connectivity index (χ3n) is 16.6. The molecule has 530 valence electrons. The van der Waals surface area contributed by atoms with Crippen molar-refractivity contribution in [2.45, 2.75) is 179 Å². The Morgan fingerprint density at radius 3 is 1.28 bits per heavy atom. The normalized spacial score (nSPS) is 36.3. The van der Waals surface area contributed by atoms with Crippen LogP contribution >= 0.6 is 0 Å². The van der Waals surface area contributed by atoms with E-state index in [1.165, 1.54) is 49.8 Å². The molecule has 5 aliphatic heterocycles. The van der Waals surface area contributed by atoms with Gasteiger partial charge in [-0.2, -0.15) is 0 Å². The number of carboxylic acid groups (broad SMARTS) is 2. The molecular formula is C59H87N3O32. The van der Waals surface area contributed by atoms with E-state index in [0.29, 0.717) is 11.1 Å². The summed E-state index contributed by atoms with van der Waals surface area (Å²) in [5.74, 6) is -4.07. The first-order chi connectivity index (χ1) is 45.3. The lowest BCUT2D eigenvalue weighted by molar-refractivity contribution is -0.390. The van der Waals surface area contributed by atoms with Crippen LogP contribution in [-0.2, 0) is 118 Å². The summed E-state index contributed by atoms with van der Waals surface area (Å²) in [5.41, 5.74) is 1.37. The molecular weight excluding hydrogens is 1260 g/mol. The van der Waals surface area contributed by atoms with Crippen LogP contribution in [0.25, 0.3) is 0 Å². The van der Waals surface area contributed by atoms with Gasteiger partial charge in [-0.1, -0.05) is 60.7 Å². The maximum absolute atomic E-state index is 13.7. The molecule has 0 bridgehead atoms. The lowest BCUT2D eigenvalue weighted by atomic mass is 9.92. The highest BCUT2D eigenvalue weighted by atomic mass is 16.8. The lowest BCUT2D eigenvalue weighted by Gasteiger charge is -2.50. The fraction of sp³-hybridized carbons (Fsp3) is 0.712. The number of aliphatic carboxylic acids is 2. The predicted octanol–water partition coefficient (Wildman–Crippen LogP) is -3.73. The number of alkyl carbamates (subject to hydrolysis) is 2. The first-order valence-electron chi connectivity index (χ1n) is 29.9. The van der Waals surface area contributed by atoms with Gasteiger partial charge in [0, 0.05) is 63.4 Å². The number of methoxy groups -OCH3 is 8. The zero-order valence-corrected chi connectivity index (χ0v) is 52.8. The molecule has 7 rings (SSSR count). The Hall–Kier alpha value is -5.53. The van der Waals surface area contributed by atoms with E-state index in [4.69, 9.17) is 90.0 Å². The number of carbonyl (C=O) groups is 5. The highest BCUT2D eigenvalue weighted by Crippen LogP contribution is 2.39. The molecule has 3 amide bonds. The lowest BCUT2D eigenvalue weighted by Crippen LogP contribution is -2.69. The monoisotopic (exact) mass is 1350 g/mol. The van der Waals surface area contributed by atoms with Gasteiger partial charge in [-0.3, -0.25) is 4.79 Å². The second kappa shape index (κ2) is 36.7. The van der Waals surface area contributed by atoms with Crippen molar-refractivity contribution in [3.63, 3.8) is 0 Å². The number of aliphatic hydroxyl groups excluding tert-OH is 6. The zero-order chi connectivity index (χ0) is 68.3. The number of carbonyl (C=O) groups excluding carboxylic acids is 3. The summed E-state index contributed by atoms with van der Waals surface area (Å²) in [6, 6.07) is 16.1. The molecule has 35 nitrogen and oxygen atoms in total. The van der Waals surface area contributed by atoms with Gasteiger partial charge in [0.1, 0.15) is 129 Å². The fourth-order valence-corrected chi connectivity index (χ4v) is 11.8. The largest absolute Gasteiger partial charge is 0.479 e. The molecule has 11 N–H and O–H groups in total.